The molecular weight excluding hydrogens is 634 g/mol. The first-order valence-corrected chi connectivity index (χ1v) is 20.2. The molecule has 0 aromatic rings. The highest BCUT2D eigenvalue weighted by Crippen LogP contribution is 2.22. The summed E-state index contributed by atoms with van der Waals surface area (Å²) in [5.74, 6) is -0.199. The molecule has 9 nitrogen and oxygen atoms in total. The Bertz CT molecular complexity index is 879. The van der Waals surface area contributed by atoms with Crippen molar-refractivity contribution < 1.29 is 39.8 Å². The largest absolute Gasteiger partial charge is 0.394 e. The molecule has 1 rings (SSSR count). The number of hydrogen-bond acceptors (Lipinski definition) is 8. The zero-order valence-corrected chi connectivity index (χ0v) is 31.6. The molecule has 9 heteroatoms. The molecule has 1 aliphatic heterocycles. The molecule has 1 amide bonds. The summed E-state index contributed by atoms with van der Waals surface area (Å²) in [4.78, 5) is 12.9. The van der Waals surface area contributed by atoms with Gasteiger partial charge in [0.05, 0.1) is 25.4 Å². The van der Waals surface area contributed by atoms with Gasteiger partial charge in [-0.2, -0.15) is 0 Å². The number of carbonyl (C=O) groups is 1. The predicted molar refractivity (Wildman–Crippen MR) is 203 cm³/mol. The van der Waals surface area contributed by atoms with Crippen LogP contribution in [0.3, 0.4) is 0 Å². The molecule has 0 bridgehead atoms. The number of ether oxygens (including phenoxy) is 2. The van der Waals surface area contributed by atoms with Crippen LogP contribution in [0.5, 0.6) is 0 Å². The Kier molecular flexibility index (Phi) is 29.8. The third kappa shape index (κ3) is 23.1. The number of amides is 1. The van der Waals surface area contributed by atoms with E-state index in [-0.39, 0.29) is 12.5 Å². The maximum atomic E-state index is 12.9. The van der Waals surface area contributed by atoms with Crippen molar-refractivity contribution in [1.82, 2.24) is 5.32 Å². The van der Waals surface area contributed by atoms with Gasteiger partial charge in [-0.25, -0.2) is 0 Å². The van der Waals surface area contributed by atoms with Gasteiger partial charge < -0.3 is 40.3 Å². The highest BCUT2D eigenvalue weighted by molar-refractivity contribution is 5.76. The van der Waals surface area contributed by atoms with Gasteiger partial charge in [-0.05, 0) is 57.8 Å². The summed E-state index contributed by atoms with van der Waals surface area (Å²) in [7, 11) is 0. The van der Waals surface area contributed by atoms with E-state index in [1.807, 2.05) is 6.08 Å². The number of carbonyl (C=O) groups excluding carboxylic acids is 1. The number of nitrogens with one attached hydrogen (secondary N) is 1. The number of hydrogen-bond donors (Lipinski definition) is 6. The summed E-state index contributed by atoms with van der Waals surface area (Å²) < 4.78 is 11.1. The molecule has 50 heavy (non-hydrogen) atoms. The molecule has 7 atom stereocenters. The first kappa shape index (κ1) is 46.4. The lowest BCUT2D eigenvalue weighted by atomic mass is 9.99. The Morgan fingerprint density at radius 1 is 0.660 bits per heavy atom. The van der Waals surface area contributed by atoms with Crippen molar-refractivity contribution in [1.29, 1.82) is 0 Å². The van der Waals surface area contributed by atoms with Gasteiger partial charge in [0.25, 0.3) is 0 Å². The molecule has 0 spiro atoms. The second-order valence-electron chi connectivity index (χ2n) is 14.1. The lowest BCUT2D eigenvalue weighted by molar-refractivity contribution is -0.302. The van der Waals surface area contributed by atoms with E-state index in [0.29, 0.717) is 6.42 Å². The smallest absolute Gasteiger partial charge is 0.220 e. The van der Waals surface area contributed by atoms with Gasteiger partial charge in [-0.1, -0.05) is 134 Å². The van der Waals surface area contributed by atoms with Crippen molar-refractivity contribution in [2.45, 2.75) is 204 Å². The predicted octanol–water partition coefficient (Wildman–Crippen LogP) is 7.33. The van der Waals surface area contributed by atoms with Gasteiger partial charge in [-0.3, -0.25) is 4.79 Å². The summed E-state index contributed by atoms with van der Waals surface area (Å²) in [6.45, 7) is 3.70. The van der Waals surface area contributed by atoms with Crippen LogP contribution in [-0.2, 0) is 14.3 Å². The molecule has 1 heterocycles. The van der Waals surface area contributed by atoms with Crippen molar-refractivity contribution in [3.8, 4) is 0 Å². The van der Waals surface area contributed by atoms with Gasteiger partial charge in [0.1, 0.15) is 24.4 Å². The minimum absolute atomic E-state index is 0.199. The van der Waals surface area contributed by atoms with E-state index in [9.17, 15) is 30.3 Å². The molecule has 1 saturated heterocycles. The zero-order valence-electron chi connectivity index (χ0n) is 31.6. The third-order valence-corrected chi connectivity index (χ3v) is 9.44. The molecule has 0 aliphatic carbocycles. The summed E-state index contributed by atoms with van der Waals surface area (Å²) in [5.41, 5.74) is 0. The van der Waals surface area contributed by atoms with E-state index in [4.69, 9.17) is 9.47 Å². The first-order chi connectivity index (χ1) is 24.3. The number of rotatable bonds is 32. The van der Waals surface area contributed by atoms with Crippen LogP contribution in [-0.4, -0.2) is 87.5 Å². The van der Waals surface area contributed by atoms with E-state index in [2.05, 4.69) is 43.5 Å². The topological polar surface area (TPSA) is 149 Å². The quantitative estimate of drug-likeness (QED) is 0.0314. The Hall–Kier alpha value is -1.59. The Balaban J connectivity index is 2.47. The Labute approximate surface area is 304 Å². The Morgan fingerprint density at radius 3 is 1.68 bits per heavy atom. The molecule has 2 unspecified atom stereocenters. The number of allylic oxidation sites excluding steroid dienone is 5. The number of aliphatic hydroxyl groups excluding tert-OH is 5. The van der Waals surface area contributed by atoms with E-state index in [1.54, 1.807) is 6.08 Å². The van der Waals surface area contributed by atoms with Gasteiger partial charge in [-0.15, -0.1) is 0 Å². The number of unbranched alkanes of at least 4 members (excludes halogenated alkanes) is 18. The molecule has 0 aromatic heterocycles. The van der Waals surface area contributed by atoms with Crippen LogP contribution in [0, 0.1) is 0 Å². The standard InChI is InChI=1S/C41H75NO8/c1-3-5-7-9-11-13-15-17-19-21-23-25-27-29-31-37(45)42-34(33-49-41-40(48)39(47)38(46)36(32-43)50-41)35(44)30-28-26-24-22-20-18-16-14-12-10-8-6-4-2/h15,17,20,22,28,30,34-36,38-41,43-44,46-48H,3-14,16,18-19,21,23-27,29,31-33H2,1-2H3,(H,42,45)/b17-15+,22-20+,30-28+/t34-,35+,36-,38-,39?,40?,41-/m0/s1. The highest BCUT2D eigenvalue weighted by atomic mass is 16.7. The SMILES string of the molecule is CCCCCCC/C=C/CCCCCCCC(=O)N[C@@H](CO[C@H]1O[C@@H](CO)[C@H](O)C(O)C1O)[C@H](O)/C=C/CC/C=C/CCCCCCCCC. The van der Waals surface area contributed by atoms with Crippen molar-refractivity contribution in [3.63, 3.8) is 0 Å². The minimum Gasteiger partial charge on any atom is -0.394 e. The van der Waals surface area contributed by atoms with Gasteiger partial charge >= 0.3 is 0 Å². The number of aliphatic hydroxyl groups is 5. The molecule has 292 valence electrons. The van der Waals surface area contributed by atoms with Crippen molar-refractivity contribution >= 4 is 5.91 Å². The maximum absolute atomic E-state index is 12.9. The van der Waals surface area contributed by atoms with Crippen LogP contribution >= 0.6 is 0 Å². The van der Waals surface area contributed by atoms with E-state index < -0.39 is 49.5 Å². The average Bonchev–Trinajstić information content (AvgIpc) is 3.11. The minimum atomic E-state index is -1.57. The molecule has 0 aromatic carbocycles. The molecule has 0 radical (unpaired) electrons. The lowest BCUT2D eigenvalue weighted by Crippen LogP contribution is -2.60. The van der Waals surface area contributed by atoms with E-state index in [0.717, 1.165) is 57.8 Å². The molecule has 6 N–H and O–H groups in total. The van der Waals surface area contributed by atoms with Gasteiger partial charge in [0.2, 0.25) is 5.91 Å². The lowest BCUT2D eigenvalue weighted by Gasteiger charge is -2.40. The van der Waals surface area contributed by atoms with Crippen molar-refractivity contribution in [3.05, 3.63) is 36.5 Å². The van der Waals surface area contributed by atoms with E-state index >= 15 is 0 Å². The van der Waals surface area contributed by atoms with Crippen LogP contribution in [0.2, 0.25) is 0 Å². The zero-order chi connectivity index (χ0) is 36.7. The fourth-order valence-corrected chi connectivity index (χ4v) is 6.10. The second-order valence-corrected chi connectivity index (χ2v) is 14.1. The third-order valence-electron chi connectivity index (χ3n) is 9.44. The normalized spacial score (nSPS) is 22.6. The van der Waals surface area contributed by atoms with Crippen molar-refractivity contribution in [2.24, 2.45) is 0 Å². The highest BCUT2D eigenvalue weighted by Gasteiger charge is 2.44. The molecule has 1 aliphatic rings. The van der Waals surface area contributed by atoms with E-state index in [1.165, 1.54) is 83.5 Å². The van der Waals surface area contributed by atoms with Crippen LogP contribution in [0.1, 0.15) is 162 Å². The van der Waals surface area contributed by atoms with Crippen LogP contribution < -0.4 is 5.32 Å². The second kappa shape index (κ2) is 32.1. The summed E-state index contributed by atoms with van der Waals surface area (Å²) >= 11 is 0. The van der Waals surface area contributed by atoms with Crippen LogP contribution in [0.15, 0.2) is 36.5 Å². The molecule has 1 fully saturated rings. The maximum Gasteiger partial charge on any atom is 0.220 e. The average molecular weight is 710 g/mol. The summed E-state index contributed by atoms with van der Waals surface area (Å²) in [6, 6.07) is -0.822. The Morgan fingerprint density at radius 2 is 1.14 bits per heavy atom. The van der Waals surface area contributed by atoms with Crippen molar-refractivity contribution in [2.75, 3.05) is 13.2 Å². The first-order valence-electron chi connectivity index (χ1n) is 20.2. The fourth-order valence-electron chi connectivity index (χ4n) is 6.10. The molecular formula is C41H75NO8. The van der Waals surface area contributed by atoms with Crippen LogP contribution in [0.4, 0.5) is 0 Å². The van der Waals surface area contributed by atoms with Gasteiger partial charge in [0, 0.05) is 6.42 Å². The molecule has 0 saturated carbocycles. The van der Waals surface area contributed by atoms with Gasteiger partial charge in [0.15, 0.2) is 6.29 Å². The monoisotopic (exact) mass is 710 g/mol. The summed E-state index contributed by atoms with van der Waals surface area (Å²) in [6.07, 6.45) is 30.4. The van der Waals surface area contributed by atoms with Crippen LogP contribution in [0.25, 0.3) is 0 Å². The fraction of sp³-hybridized carbons (Fsp3) is 0.829. The summed E-state index contributed by atoms with van der Waals surface area (Å²) in [5, 5.41) is 53.9.